The second-order valence-electron chi connectivity index (χ2n) is 7.08. The van der Waals surface area contributed by atoms with Crippen molar-refractivity contribution in [3.8, 4) is 17.2 Å². The van der Waals surface area contributed by atoms with Crippen LogP contribution < -0.4 is 27.0 Å². The van der Waals surface area contributed by atoms with Gasteiger partial charge >= 0.3 is 5.69 Å². The van der Waals surface area contributed by atoms with E-state index in [-0.39, 0.29) is 22.9 Å². The lowest BCUT2D eigenvalue weighted by atomic mass is 10.2. The molecule has 10 nitrogen and oxygen atoms in total. The summed E-state index contributed by atoms with van der Waals surface area (Å²) in [5.74, 6) is -1.96. The van der Waals surface area contributed by atoms with Gasteiger partial charge < -0.3 is 15.8 Å². The average Bonchev–Trinajstić information content (AvgIpc) is 2.82. The van der Waals surface area contributed by atoms with Crippen molar-refractivity contribution in [1.29, 1.82) is 0 Å². The number of nitrogens with two attached hydrogens (primary N) is 1. The molecule has 2 aromatic heterocycles. The van der Waals surface area contributed by atoms with E-state index >= 15 is 0 Å². The van der Waals surface area contributed by atoms with E-state index in [1.54, 1.807) is 0 Å². The van der Waals surface area contributed by atoms with Gasteiger partial charge in [0.05, 0.1) is 9.26 Å². The number of hydrogen-bond donors (Lipinski definition) is 2. The molecule has 0 aliphatic carbocycles. The van der Waals surface area contributed by atoms with Crippen molar-refractivity contribution in [2.45, 2.75) is 0 Å². The number of nitrogen functional groups attached to an aromatic ring is 1. The monoisotopic (exact) mass is 592 g/mol. The van der Waals surface area contributed by atoms with E-state index in [9.17, 15) is 23.2 Å². The molecule has 178 valence electrons. The minimum absolute atomic E-state index is 0.00664. The zero-order valence-corrected chi connectivity index (χ0v) is 20.0. The summed E-state index contributed by atoms with van der Waals surface area (Å²) in [7, 11) is 1.25. The molecule has 3 N–H and O–H groups in total. The van der Waals surface area contributed by atoms with E-state index in [1.807, 2.05) is 22.6 Å². The highest BCUT2D eigenvalue weighted by atomic mass is 127. The molecule has 0 saturated heterocycles. The summed E-state index contributed by atoms with van der Waals surface area (Å²) < 4.78 is 35.4. The largest absolute Gasteiger partial charge is 0.453 e. The van der Waals surface area contributed by atoms with E-state index in [1.165, 1.54) is 43.6 Å². The molecule has 0 radical (unpaired) electrons. The zero-order chi connectivity index (χ0) is 25.3. The van der Waals surface area contributed by atoms with Crippen LogP contribution in [0.3, 0.4) is 0 Å². The van der Waals surface area contributed by atoms with Gasteiger partial charge in [-0.25, -0.2) is 27.8 Å². The maximum absolute atomic E-state index is 14.7. The molecule has 0 aliphatic heterocycles. The predicted molar refractivity (Wildman–Crippen MR) is 131 cm³/mol. The van der Waals surface area contributed by atoms with Gasteiger partial charge in [-0.1, -0.05) is 0 Å². The van der Waals surface area contributed by atoms with Crippen LogP contribution in [0.4, 0.5) is 20.3 Å². The van der Waals surface area contributed by atoms with Crippen molar-refractivity contribution in [1.82, 2.24) is 19.3 Å². The predicted octanol–water partition coefficient (Wildman–Crippen LogP) is 2.84. The van der Waals surface area contributed by atoms with E-state index in [0.717, 1.165) is 22.9 Å². The second-order valence-corrected chi connectivity index (χ2v) is 8.16. The summed E-state index contributed by atoms with van der Waals surface area (Å²) in [6.07, 6.45) is 1.41. The van der Waals surface area contributed by atoms with Gasteiger partial charge in [0.2, 0.25) is 5.69 Å². The molecular formula is C22H15F2IN6O4. The van der Waals surface area contributed by atoms with Crippen LogP contribution >= 0.6 is 22.6 Å². The fourth-order valence-corrected chi connectivity index (χ4v) is 3.45. The Morgan fingerprint density at radius 2 is 1.80 bits per heavy atom. The summed E-state index contributed by atoms with van der Waals surface area (Å²) in [5, 5.41) is 6.10. The van der Waals surface area contributed by atoms with Gasteiger partial charge in [-0.2, -0.15) is 5.10 Å². The number of nitrogens with one attached hydrogen (secondary N) is 1. The number of benzene rings is 2. The number of aryl methyl sites for hydroxylation is 1. The van der Waals surface area contributed by atoms with Crippen molar-refractivity contribution in [3.63, 3.8) is 0 Å². The first-order valence-corrected chi connectivity index (χ1v) is 10.9. The van der Waals surface area contributed by atoms with Crippen LogP contribution in [-0.4, -0.2) is 25.2 Å². The van der Waals surface area contributed by atoms with Crippen molar-refractivity contribution in [2.75, 3.05) is 11.1 Å². The molecule has 13 heteroatoms. The third-order valence-corrected chi connectivity index (χ3v) is 5.80. The minimum atomic E-state index is -1.03. The van der Waals surface area contributed by atoms with Gasteiger partial charge in [0.25, 0.3) is 11.5 Å². The molecular weight excluding hydrogens is 577 g/mol. The minimum Gasteiger partial charge on any atom is -0.453 e. The highest BCUT2D eigenvalue weighted by molar-refractivity contribution is 14.1. The Kier molecular flexibility index (Phi) is 6.59. The third-order valence-electron chi connectivity index (χ3n) is 4.71. The third kappa shape index (κ3) is 4.89. The molecule has 0 bridgehead atoms. The number of halogens is 3. The molecule has 4 aromatic rings. The van der Waals surface area contributed by atoms with Crippen LogP contribution in [0.1, 0.15) is 10.5 Å². The molecule has 0 fully saturated rings. The first kappa shape index (κ1) is 24.0. The molecule has 0 atom stereocenters. The summed E-state index contributed by atoms with van der Waals surface area (Å²) in [5.41, 5.74) is 3.29. The molecule has 4 rings (SSSR count). The Labute approximate surface area is 209 Å². The summed E-state index contributed by atoms with van der Waals surface area (Å²) in [6.45, 7) is 0. The molecule has 0 unspecified atom stereocenters. The molecule has 0 saturated carbocycles. The zero-order valence-electron chi connectivity index (χ0n) is 17.8. The molecule has 0 aliphatic rings. The highest BCUT2D eigenvalue weighted by Crippen LogP contribution is 2.31. The topological polar surface area (TPSA) is 134 Å². The number of anilines is 2. The number of aromatic nitrogens is 4. The Balaban J connectivity index is 1.62. The van der Waals surface area contributed by atoms with Crippen LogP contribution in [0.2, 0.25) is 0 Å². The van der Waals surface area contributed by atoms with Crippen molar-refractivity contribution < 1.29 is 18.3 Å². The first-order chi connectivity index (χ1) is 16.7. The van der Waals surface area contributed by atoms with Crippen molar-refractivity contribution in [3.05, 3.63) is 96.5 Å². The summed E-state index contributed by atoms with van der Waals surface area (Å²) in [6, 6.07) is 9.70. The van der Waals surface area contributed by atoms with E-state index in [0.29, 0.717) is 13.9 Å². The Morgan fingerprint density at radius 3 is 2.49 bits per heavy atom. The molecule has 2 heterocycles. The lowest BCUT2D eigenvalue weighted by Gasteiger charge is -2.12. The van der Waals surface area contributed by atoms with Gasteiger partial charge in [-0.05, 0) is 59.0 Å². The van der Waals surface area contributed by atoms with Gasteiger partial charge in [0.15, 0.2) is 11.6 Å². The summed E-state index contributed by atoms with van der Waals surface area (Å²) in [4.78, 5) is 42.0. The quantitative estimate of drug-likeness (QED) is 0.341. The van der Waals surface area contributed by atoms with E-state index in [4.69, 9.17) is 10.5 Å². The van der Waals surface area contributed by atoms with Crippen LogP contribution in [0.25, 0.3) is 5.69 Å². The number of carbonyl (C=O) groups is 1. The van der Waals surface area contributed by atoms with Crippen molar-refractivity contribution in [2.24, 2.45) is 7.05 Å². The van der Waals surface area contributed by atoms with Crippen LogP contribution in [-0.2, 0) is 7.05 Å². The van der Waals surface area contributed by atoms with Crippen molar-refractivity contribution >= 4 is 40.0 Å². The maximum atomic E-state index is 14.7. The standard InChI is InChI=1S/C22H15F2IN6O4/c1-30-22(34)31(13-5-2-11(23)3-6-13)21(33)18(29-30)20(32)28-12-4-7-15(14(24)10-12)35-16-8-9-27-19(26)17(16)25/h2-10H,1H3,(H2,26,27)(H,28,32). The molecule has 35 heavy (non-hydrogen) atoms. The lowest BCUT2D eigenvalue weighted by Crippen LogP contribution is -2.43. The van der Waals surface area contributed by atoms with Crippen LogP contribution in [0, 0.1) is 15.2 Å². The Morgan fingerprint density at radius 1 is 1.09 bits per heavy atom. The molecule has 2 aromatic carbocycles. The van der Waals surface area contributed by atoms with Gasteiger partial charge in [-0.15, -0.1) is 0 Å². The van der Waals surface area contributed by atoms with Crippen LogP contribution in [0.15, 0.2) is 64.3 Å². The summed E-state index contributed by atoms with van der Waals surface area (Å²) >= 11 is 1.92. The second kappa shape index (κ2) is 9.61. The normalized spacial score (nSPS) is 10.7. The fourth-order valence-electron chi connectivity index (χ4n) is 3.02. The average molecular weight is 592 g/mol. The number of amides is 1. The maximum Gasteiger partial charge on any atom is 0.351 e. The highest BCUT2D eigenvalue weighted by Gasteiger charge is 2.20. The Hall–Kier alpha value is -4.14. The number of ether oxygens (including phenoxy) is 1. The number of hydrogen-bond acceptors (Lipinski definition) is 7. The van der Waals surface area contributed by atoms with Crippen LogP contribution in [0.5, 0.6) is 11.5 Å². The van der Waals surface area contributed by atoms with E-state index in [2.05, 4.69) is 15.4 Å². The fraction of sp³-hybridized carbons (Fsp3) is 0.0455. The Bertz CT molecular complexity index is 1570. The van der Waals surface area contributed by atoms with Gasteiger partial charge in [0.1, 0.15) is 17.4 Å². The number of nitrogens with zero attached hydrogens (tertiary/aromatic N) is 4. The molecule has 1 amide bonds. The number of rotatable bonds is 5. The molecule has 0 spiro atoms. The van der Waals surface area contributed by atoms with Gasteiger partial charge in [-0.3, -0.25) is 9.59 Å². The van der Waals surface area contributed by atoms with Gasteiger partial charge in [0, 0.05) is 31.1 Å². The number of pyridine rings is 1. The smallest absolute Gasteiger partial charge is 0.351 e. The van der Waals surface area contributed by atoms with E-state index < -0.39 is 34.5 Å². The number of carbonyl (C=O) groups excluding carboxylic acids is 1. The SMILES string of the molecule is Cn1nc(C(=O)Nc2ccc(Oc3ccnc(N)c3I)c(F)c2)c(=O)n(-c2ccc(F)cc2)c1=O. The lowest BCUT2D eigenvalue weighted by molar-refractivity contribution is 0.101. The first-order valence-electron chi connectivity index (χ1n) is 9.80.